The van der Waals surface area contributed by atoms with E-state index in [2.05, 4.69) is 21.3 Å². The molecule has 0 radical (unpaired) electrons. The van der Waals surface area contributed by atoms with Crippen molar-refractivity contribution in [2.75, 3.05) is 59.3 Å². The molecule has 74 heavy (non-hydrogen) atoms. The summed E-state index contributed by atoms with van der Waals surface area (Å²) in [6.45, 7) is 10.5. The van der Waals surface area contributed by atoms with Crippen molar-refractivity contribution in [2.24, 2.45) is 17.8 Å². The van der Waals surface area contributed by atoms with Gasteiger partial charge in [0.1, 0.15) is 36.6 Å². The van der Waals surface area contributed by atoms with Gasteiger partial charge in [0.15, 0.2) is 18.9 Å². The van der Waals surface area contributed by atoms with Crippen molar-refractivity contribution in [3.63, 3.8) is 0 Å². The van der Waals surface area contributed by atoms with E-state index in [1.807, 2.05) is 13.8 Å². The summed E-state index contributed by atoms with van der Waals surface area (Å²) in [5, 5.41) is 102. The number of hydrogen-bond donors (Lipinski definition) is 13. The van der Waals surface area contributed by atoms with Crippen molar-refractivity contribution in [3.8, 4) is 0 Å². The largest absolute Gasteiger partial charge is 0.394 e. The highest BCUT2D eigenvalue weighted by molar-refractivity contribution is 5.77. The third kappa shape index (κ3) is 23.0. The fourth-order valence-corrected chi connectivity index (χ4v) is 9.78. The predicted octanol–water partition coefficient (Wildman–Crippen LogP) is 0.369. The van der Waals surface area contributed by atoms with Gasteiger partial charge in [-0.3, -0.25) is 14.4 Å². The molecule has 15 unspecified atom stereocenters. The number of nitrogens with one attached hydrogen (secondary N) is 4. The minimum atomic E-state index is -1.18. The van der Waals surface area contributed by atoms with E-state index in [-0.39, 0.29) is 43.0 Å². The molecule has 0 spiro atoms. The monoisotopic (exact) mass is 1070 g/mol. The lowest BCUT2D eigenvalue weighted by molar-refractivity contribution is -0.282. The zero-order chi connectivity index (χ0) is 54.6. The number of ether oxygens (including phenoxy) is 6. The number of amides is 3. The minimum Gasteiger partial charge on any atom is -0.394 e. The maximum atomic E-state index is 13.2. The van der Waals surface area contributed by atoms with Crippen LogP contribution in [0.2, 0.25) is 0 Å². The fourth-order valence-electron chi connectivity index (χ4n) is 9.78. The van der Waals surface area contributed by atoms with Gasteiger partial charge in [0, 0.05) is 88.1 Å². The van der Waals surface area contributed by atoms with Crippen LogP contribution in [0.4, 0.5) is 0 Å². The van der Waals surface area contributed by atoms with E-state index in [0.717, 1.165) is 77.0 Å². The summed E-state index contributed by atoms with van der Waals surface area (Å²) in [7, 11) is 0. The molecular formula is C52H98N4O18. The van der Waals surface area contributed by atoms with Crippen LogP contribution in [0.5, 0.6) is 0 Å². The zero-order valence-corrected chi connectivity index (χ0v) is 45.0. The Morgan fingerprint density at radius 3 is 0.973 bits per heavy atom. The van der Waals surface area contributed by atoms with Crippen molar-refractivity contribution in [2.45, 2.75) is 236 Å². The molecule has 3 rings (SSSR count). The molecule has 0 aromatic heterocycles. The second-order valence-electron chi connectivity index (χ2n) is 21.2. The highest BCUT2D eigenvalue weighted by Gasteiger charge is 2.44. The number of rotatable bonds is 38. The highest BCUT2D eigenvalue weighted by atomic mass is 16.7. The first-order valence-corrected chi connectivity index (χ1v) is 27.7. The molecular weight excluding hydrogens is 969 g/mol. The molecule has 13 N–H and O–H groups in total. The van der Waals surface area contributed by atoms with E-state index in [1.165, 1.54) is 0 Å². The van der Waals surface area contributed by atoms with Gasteiger partial charge < -0.3 is 95.6 Å². The Balaban J connectivity index is 1.42. The van der Waals surface area contributed by atoms with Gasteiger partial charge in [0.2, 0.25) is 17.7 Å². The van der Waals surface area contributed by atoms with Crippen molar-refractivity contribution < 1.29 is 88.8 Å². The predicted molar refractivity (Wildman–Crippen MR) is 272 cm³/mol. The van der Waals surface area contributed by atoms with Gasteiger partial charge in [-0.15, -0.1) is 0 Å². The molecule has 0 saturated carbocycles. The lowest BCUT2D eigenvalue weighted by Gasteiger charge is -2.40. The SMILES string of the molecule is CC(C)NC(CCC(=O)NCCCCCCOC1OC(CO)C(O)C(O)C1C)(CCC(=O)NCCCCCCOC1OC(CO)C(O)C(O)C1C)CCC(=O)NCCCCCCOC1OC(CO)C(O)C(O)C1C. The second kappa shape index (κ2) is 36.0. The Hall–Kier alpha value is -2.23. The van der Waals surface area contributed by atoms with Crippen LogP contribution in [-0.2, 0) is 42.8 Å². The third-order valence-corrected chi connectivity index (χ3v) is 14.7. The summed E-state index contributed by atoms with van der Waals surface area (Å²) in [6.07, 6.45) is -0.282. The average Bonchev–Trinajstić information content (AvgIpc) is 3.38. The molecule has 0 aromatic rings. The lowest BCUT2D eigenvalue weighted by atomic mass is 9.82. The van der Waals surface area contributed by atoms with Crippen LogP contribution < -0.4 is 21.3 Å². The Kier molecular flexibility index (Phi) is 32.2. The topological polar surface area (TPSA) is 337 Å². The maximum Gasteiger partial charge on any atom is 0.220 e. The quantitative estimate of drug-likeness (QED) is 0.0372. The summed E-state index contributed by atoms with van der Waals surface area (Å²) in [5.74, 6) is -1.72. The van der Waals surface area contributed by atoms with E-state index in [1.54, 1.807) is 20.8 Å². The first-order valence-electron chi connectivity index (χ1n) is 27.7. The van der Waals surface area contributed by atoms with Crippen LogP contribution in [0.15, 0.2) is 0 Å². The Morgan fingerprint density at radius 1 is 0.446 bits per heavy atom. The molecule has 3 heterocycles. The molecule has 434 valence electrons. The molecule has 3 saturated heterocycles. The van der Waals surface area contributed by atoms with Gasteiger partial charge in [-0.25, -0.2) is 0 Å². The van der Waals surface area contributed by atoms with E-state index in [0.29, 0.717) is 58.7 Å². The van der Waals surface area contributed by atoms with Crippen molar-refractivity contribution in [1.29, 1.82) is 0 Å². The third-order valence-electron chi connectivity index (χ3n) is 14.7. The maximum absolute atomic E-state index is 13.2. The molecule has 0 aromatic carbocycles. The molecule has 3 aliphatic rings. The fraction of sp³-hybridized carbons (Fsp3) is 0.942. The van der Waals surface area contributed by atoms with Crippen LogP contribution in [-0.4, -0.2) is 208 Å². The van der Waals surface area contributed by atoms with Crippen molar-refractivity contribution in [3.05, 3.63) is 0 Å². The van der Waals surface area contributed by atoms with E-state index >= 15 is 0 Å². The highest BCUT2D eigenvalue weighted by Crippen LogP contribution is 2.30. The number of unbranched alkanes of at least 4 members (excludes halogenated alkanes) is 9. The second-order valence-corrected chi connectivity index (χ2v) is 21.2. The summed E-state index contributed by atoms with van der Waals surface area (Å²) in [4.78, 5) is 39.7. The summed E-state index contributed by atoms with van der Waals surface area (Å²) in [6, 6.07) is 0.00286. The number of hydrogen-bond acceptors (Lipinski definition) is 19. The summed E-state index contributed by atoms with van der Waals surface area (Å²) in [5.41, 5.74) is -0.680. The Labute approximate surface area is 439 Å². The molecule has 22 nitrogen and oxygen atoms in total. The molecule has 0 aliphatic carbocycles. The van der Waals surface area contributed by atoms with Crippen molar-refractivity contribution in [1.82, 2.24) is 21.3 Å². The van der Waals surface area contributed by atoms with Gasteiger partial charge in [-0.2, -0.15) is 0 Å². The number of aliphatic hydroxyl groups is 9. The summed E-state index contributed by atoms with van der Waals surface area (Å²) < 4.78 is 34.3. The normalized spacial score (nSPS) is 31.3. The standard InChI is InChI=1S/C52H98N4O18/c1-33(2)56-52(21-18-40(60)53-24-12-6-9-15-27-69-49-34(3)43(63)46(66)37(30-57)72-49,22-19-41(61)54-25-13-7-10-16-28-70-50-35(4)44(64)47(67)38(31-58)73-50)23-20-42(62)55-26-14-8-11-17-29-71-51-36(5)45(65)48(68)39(32-59)74-51/h33-39,43-51,56-59,63-68H,6-32H2,1-5H3,(H,53,60)(H,54,61)(H,55,62). The van der Waals surface area contributed by atoms with E-state index in [9.17, 15) is 60.3 Å². The van der Waals surface area contributed by atoms with Crippen LogP contribution in [0.25, 0.3) is 0 Å². The Bertz CT molecular complexity index is 1370. The lowest BCUT2D eigenvalue weighted by Crippen LogP contribution is -2.55. The van der Waals surface area contributed by atoms with Crippen LogP contribution in [0, 0.1) is 17.8 Å². The van der Waals surface area contributed by atoms with Gasteiger partial charge in [0.05, 0.1) is 38.1 Å². The van der Waals surface area contributed by atoms with E-state index in [4.69, 9.17) is 28.4 Å². The Morgan fingerprint density at radius 2 is 0.716 bits per heavy atom. The molecule has 3 amide bonds. The van der Waals surface area contributed by atoms with Crippen LogP contribution >= 0.6 is 0 Å². The molecule has 3 aliphatic heterocycles. The minimum absolute atomic E-state index is 0.00286. The average molecular weight is 1070 g/mol. The molecule has 22 heteroatoms. The first kappa shape index (κ1) is 66.1. The first-order chi connectivity index (χ1) is 35.4. The zero-order valence-electron chi connectivity index (χ0n) is 45.0. The van der Waals surface area contributed by atoms with Crippen LogP contribution in [0.3, 0.4) is 0 Å². The van der Waals surface area contributed by atoms with E-state index < -0.39 is 117 Å². The van der Waals surface area contributed by atoms with Crippen LogP contribution in [0.1, 0.15) is 150 Å². The van der Waals surface area contributed by atoms with Gasteiger partial charge >= 0.3 is 0 Å². The molecule has 15 atom stereocenters. The van der Waals surface area contributed by atoms with Crippen molar-refractivity contribution >= 4 is 17.7 Å². The van der Waals surface area contributed by atoms with Gasteiger partial charge in [0.25, 0.3) is 0 Å². The smallest absolute Gasteiger partial charge is 0.220 e. The summed E-state index contributed by atoms with van der Waals surface area (Å²) >= 11 is 0. The van der Waals surface area contributed by atoms with Gasteiger partial charge in [-0.1, -0.05) is 73.1 Å². The number of carbonyl (C=O) groups excluding carboxylic acids is 3. The number of aliphatic hydroxyl groups excluding tert-OH is 9. The molecule has 0 bridgehead atoms. The van der Waals surface area contributed by atoms with Gasteiger partial charge in [-0.05, 0) is 57.8 Å². The molecule has 3 fully saturated rings. The number of carbonyl (C=O) groups is 3.